The molecule has 0 saturated carbocycles. The number of unbranched alkanes of at least 4 members (excludes halogenated alkanes) is 1. The Morgan fingerprint density at radius 1 is 1.53 bits per heavy atom. The van der Waals surface area contributed by atoms with E-state index in [9.17, 15) is 4.79 Å². The van der Waals surface area contributed by atoms with Gasteiger partial charge in [0.15, 0.2) is 5.96 Å². The molecular weight excluding hydrogens is 194 g/mol. The molecule has 0 aromatic rings. The van der Waals surface area contributed by atoms with E-state index in [2.05, 4.69) is 5.32 Å². The number of nitrogens with one attached hydrogen (secondary N) is 2. The van der Waals surface area contributed by atoms with Gasteiger partial charge in [-0.15, -0.1) is 0 Å². The van der Waals surface area contributed by atoms with Crippen LogP contribution in [0.15, 0.2) is 0 Å². The number of hydrogen-bond acceptors (Lipinski definition) is 3. The predicted octanol–water partition coefficient (Wildman–Crippen LogP) is 0.748. The Balaban J connectivity index is 3.53. The van der Waals surface area contributed by atoms with Gasteiger partial charge in [0.2, 0.25) is 0 Å². The van der Waals surface area contributed by atoms with Gasteiger partial charge in [0, 0.05) is 6.54 Å². The van der Waals surface area contributed by atoms with Gasteiger partial charge in [-0.1, -0.05) is 13.8 Å². The minimum Gasteiger partial charge on any atom is -0.454 e. The second-order valence-electron chi connectivity index (χ2n) is 3.82. The van der Waals surface area contributed by atoms with Crippen LogP contribution in [0.3, 0.4) is 0 Å². The van der Waals surface area contributed by atoms with Crippen LogP contribution in [0.4, 0.5) is 0 Å². The van der Waals surface area contributed by atoms with Gasteiger partial charge in [-0.25, -0.2) is 4.79 Å². The van der Waals surface area contributed by atoms with Gasteiger partial charge in [-0.3, -0.25) is 5.41 Å². The van der Waals surface area contributed by atoms with Crippen molar-refractivity contribution in [2.45, 2.75) is 39.2 Å². The van der Waals surface area contributed by atoms with Crippen LogP contribution in [0.2, 0.25) is 0 Å². The van der Waals surface area contributed by atoms with Crippen molar-refractivity contribution in [2.24, 2.45) is 11.7 Å². The zero-order valence-corrected chi connectivity index (χ0v) is 9.38. The first-order valence-corrected chi connectivity index (χ1v) is 5.18. The number of nitrogens with two attached hydrogens (primary N) is 1. The zero-order chi connectivity index (χ0) is 11.7. The normalized spacial score (nSPS) is 12.2. The molecule has 4 N–H and O–H groups in total. The zero-order valence-electron chi connectivity index (χ0n) is 9.38. The van der Waals surface area contributed by atoms with Crippen LogP contribution < -0.4 is 11.1 Å². The molecule has 0 heterocycles. The van der Waals surface area contributed by atoms with Crippen molar-refractivity contribution < 1.29 is 9.53 Å². The minimum atomic E-state index is -0.0557. The van der Waals surface area contributed by atoms with E-state index in [0.717, 1.165) is 19.3 Å². The maximum absolute atomic E-state index is 10.1. The maximum Gasteiger partial charge on any atom is 0.417 e. The van der Waals surface area contributed by atoms with E-state index < -0.39 is 0 Å². The molecule has 5 heteroatoms. The van der Waals surface area contributed by atoms with E-state index in [1.807, 2.05) is 13.8 Å². The van der Waals surface area contributed by atoms with Crippen LogP contribution in [-0.4, -0.2) is 25.1 Å². The predicted molar refractivity (Wildman–Crippen MR) is 59.2 cm³/mol. The highest BCUT2D eigenvalue weighted by atomic mass is 16.5. The lowest BCUT2D eigenvalue weighted by atomic mass is 10.0. The molecule has 0 aliphatic rings. The quantitative estimate of drug-likeness (QED) is 0.316. The van der Waals surface area contributed by atoms with Gasteiger partial charge < -0.3 is 15.8 Å². The van der Waals surface area contributed by atoms with Crippen LogP contribution in [0.25, 0.3) is 0 Å². The standard InChI is InChI=1S/C10H20N3O2/c1-8(2)9(15-7-14)5-3-4-6-13-10(11)12/h8-9H,3-6H2,1-2H3,(H4,11,12,13). The summed E-state index contributed by atoms with van der Waals surface area (Å²) in [5.74, 6) is 0.306. The molecule has 0 aliphatic heterocycles. The van der Waals surface area contributed by atoms with Gasteiger partial charge in [0.25, 0.3) is 0 Å². The van der Waals surface area contributed by atoms with Crippen molar-refractivity contribution in [2.75, 3.05) is 6.54 Å². The molecule has 1 atom stereocenters. The fraction of sp³-hybridized carbons (Fsp3) is 0.800. The molecule has 0 spiro atoms. The van der Waals surface area contributed by atoms with Gasteiger partial charge >= 0.3 is 6.47 Å². The lowest BCUT2D eigenvalue weighted by molar-refractivity contribution is 0.119. The summed E-state index contributed by atoms with van der Waals surface area (Å²) in [5.41, 5.74) is 5.13. The second kappa shape index (κ2) is 8.08. The van der Waals surface area contributed by atoms with Crippen LogP contribution in [0.1, 0.15) is 33.1 Å². The Bertz CT molecular complexity index is 195. The maximum atomic E-state index is 10.1. The third-order valence-electron chi connectivity index (χ3n) is 2.17. The lowest BCUT2D eigenvalue weighted by Crippen LogP contribution is -2.31. The Kier molecular flexibility index (Phi) is 7.40. The molecule has 0 fully saturated rings. The number of hydrogen-bond donors (Lipinski definition) is 3. The van der Waals surface area contributed by atoms with Gasteiger partial charge in [0.1, 0.15) is 6.10 Å². The Morgan fingerprint density at radius 3 is 2.67 bits per heavy atom. The summed E-state index contributed by atoms with van der Waals surface area (Å²) < 4.78 is 4.84. The van der Waals surface area contributed by atoms with Gasteiger partial charge in [0.05, 0.1) is 0 Å². The Morgan fingerprint density at radius 2 is 2.20 bits per heavy atom. The molecule has 5 nitrogen and oxygen atoms in total. The van der Waals surface area contributed by atoms with E-state index in [1.54, 1.807) is 0 Å². The first-order chi connectivity index (χ1) is 7.07. The molecule has 1 unspecified atom stereocenters. The van der Waals surface area contributed by atoms with Crippen molar-refractivity contribution >= 4 is 12.4 Å². The van der Waals surface area contributed by atoms with E-state index in [-0.39, 0.29) is 12.1 Å². The van der Waals surface area contributed by atoms with E-state index in [0.29, 0.717) is 12.5 Å². The first-order valence-electron chi connectivity index (χ1n) is 5.18. The summed E-state index contributed by atoms with van der Waals surface area (Å²) in [7, 11) is 0. The van der Waals surface area contributed by atoms with Crippen LogP contribution in [0.5, 0.6) is 0 Å². The van der Waals surface area contributed by atoms with Gasteiger partial charge in [-0.05, 0) is 25.2 Å². The van der Waals surface area contributed by atoms with Crippen LogP contribution >= 0.6 is 0 Å². The third-order valence-corrected chi connectivity index (χ3v) is 2.17. The average molecular weight is 214 g/mol. The molecule has 0 amide bonds. The topological polar surface area (TPSA) is 88.2 Å². The molecule has 0 aliphatic carbocycles. The molecule has 0 bridgehead atoms. The summed E-state index contributed by atoms with van der Waals surface area (Å²) in [5, 5.41) is 9.66. The van der Waals surface area contributed by atoms with Gasteiger partial charge in [-0.2, -0.15) is 0 Å². The first kappa shape index (κ1) is 13.7. The molecule has 0 aromatic heterocycles. The fourth-order valence-corrected chi connectivity index (χ4v) is 1.28. The molecule has 0 saturated heterocycles. The molecule has 0 aromatic carbocycles. The monoisotopic (exact) mass is 214 g/mol. The number of guanidine groups is 1. The number of ether oxygens (including phenoxy) is 1. The van der Waals surface area contributed by atoms with Crippen LogP contribution in [-0.2, 0) is 9.53 Å². The van der Waals surface area contributed by atoms with Crippen molar-refractivity contribution in [1.29, 1.82) is 5.41 Å². The average Bonchev–Trinajstić information content (AvgIpc) is 2.15. The highest BCUT2D eigenvalue weighted by Crippen LogP contribution is 2.12. The van der Waals surface area contributed by atoms with Crippen LogP contribution in [0, 0.1) is 11.3 Å². The minimum absolute atomic E-state index is 0.00659. The molecule has 87 valence electrons. The summed E-state index contributed by atoms with van der Waals surface area (Å²) in [6.07, 6.45) is 2.61. The molecule has 0 rings (SSSR count). The lowest BCUT2D eigenvalue weighted by Gasteiger charge is -2.17. The number of rotatable bonds is 8. The molecule has 15 heavy (non-hydrogen) atoms. The van der Waals surface area contributed by atoms with Crippen molar-refractivity contribution in [3.8, 4) is 0 Å². The van der Waals surface area contributed by atoms with Crippen molar-refractivity contribution in [1.82, 2.24) is 5.32 Å². The summed E-state index contributed by atoms with van der Waals surface area (Å²) in [6.45, 7) is 6.19. The molecular formula is C10H20N3O2. The highest BCUT2D eigenvalue weighted by molar-refractivity contribution is 5.74. The Labute approximate surface area is 90.9 Å². The van der Waals surface area contributed by atoms with E-state index in [4.69, 9.17) is 15.9 Å². The van der Waals surface area contributed by atoms with Crippen molar-refractivity contribution in [3.63, 3.8) is 0 Å². The Hall–Kier alpha value is -1.26. The largest absolute Gasteiger partial charge is 0.454 e. The highest BCUT2D eigenvalue weighted by Gasteiger charge is 2.13. The summed E-state index contributed by atoms with van der Waals surface area (Å²) >= 11 is 0. The van der Waals surface area contributed by atoms with Crippen molar-refractivity contribution in [3.05, 3.63) is 0 Å². The SMILES string of the molecule is CC(C)C(CCCCNC(=N)N)O[C]=O. The molecule has 1 radical (unpaired) electrons. The third kappa shape index (κ3) is 7.78. The smallest absolute Gasteiger partial charge is 0.417 e. The van der Waals surface area contributed by atoms with E-state index >= 15 is 0 Å². The summed E-state index contributed by atoms with van der Waals surface area (Å²) in [6, 6.07) is 0. The number of carbonyl (C=O) groups excluding carboxylic acids is 1. The van der Waals surface area contributed by atoms with E-state index in [1.165, 1.54) is 6.47 Å². The fourth-order valence-electron chi connectivity index (χ4n) is 1.28. The summed E-state index contributed by atoms with van der Waals surface area (Å²) in [4.78, 5) is 10.1. The second-order valence-corrected chi connectivity index (χ2v) is 3.82.